The number of β-lactam (4-membered cyclic amide) rings is 1. The first-order valence-corrected chi connectivity index (χ1v) is 15.7. The predicted octanol–water partition coefficient (Wildman–Crippen LogP) is -2.14. The number of nitrogens with two attached hydrogens (primary N) is 3. The normalized spacial score (nSPS) is 18.4. The lowest BCUT2D eigenvalue weighted by atomic mass is 10.0. The van der Waals surface area contributed by atoms with Crippen LogP contribution >= 0.6 is 34.9 Å². The van der Waals surface area contributed by atoms with Crippen molar-refractivity contribution in [3.63, 3.8) is 0 Å². The van der Waals surface area contributed by atoms with Crippen LogP contribution in [0.25, 0.3) is 0 Å². The molecule has 0 radical (unpaired) electrons. The minimum atomic E-state index is -1.83. The molecule has 3 aromatic rings. The molecule has 5 rings (SSSR count). The van der Waals surface area contributed by atoms with Gasteiger partial charge in [0.25, 0.3) is 11.8 Å². The Labute approximate surface area is 270 Å². The molecule has 0 spiro atoms. The molecule has 0 saturated carbocycles. The number of aromatic nitrogens is 3. The first kappa shape index (κ1) is 32.1. The number of fused-ring (bicyclic) bond motifs is 1. The lowest BCUT2D eigenvalue weighted by Gasteiger charge is -2.50. The summed E-state index contributed by atoms with van der Waals surface area (Å²) < 4.78 is 1.21. The number of nitrogens with zero attached hydrogens (tertiary/aromatic N) is 5. The summed E-state index contributed by atoms with van der Waals surface area (Å²) in [6, 6.07) is 3.44. The van der Waals surface area contributed by atoms with Crippen LogP contribution in [0.2, 0.25) is 0 Å². The zero-order valence-corrected chi connectivity index (χ0v) is 25.5. The Kier molecular flexibility index (Phi) is 9.07. The van der Waals surface area contributed by atoms with Crippen molar-refractivity contribution < 1.29 is 49.1 Å². The van der Waals surface area contributed by atoms with Gasteiger partial charge in [-0.3, -0.25) is 20.3 Å². The molecule has 21 heteroatoms. The highest BCUT2D eigenvalue weighted by Gasteiger charge is 2.53. The molecular weight excluding hydrogens is 667 g/mol. The largest absolute Gasteiger partial charge is 0.543 e. The van der Waals surface area contributed by atoms with Gasteiger partial charge in [-0.1, -0.05) is 11.2 Å². The smallest absolute Gasteiger partial charge is 0.384 e. The molecule has 2 aromatic heterocycles. The number of amides is 2. The molecule has 2 amide bonds. The number of thiazole rings is 1. The van der Waals surface area contributed by atoms with Crippen molar-refractivity contribution in [2.24, 2.45) is 5.16 Å². The van der Waals surface area contributed by atoms with Gasteiger partial charge in [0.2, 0.25) is 11.9 Å². The molecule has 3 atom stereocenters. The molecule has 18 nitrogen and oxygen atoms in total. The summed E-state index contributed by atoms with van der Waals surface area (Å²) in [6.07, 6.45) is -0.345. The summed E-state index contributed by atoms with van der Waals surface area (Å²) in [4.78, 5) is 65.0. The highest BCUT2D eigenvalue weighted by atomic mass is 32.2. The third-order valence-corrected chi connectivity index (χ3v) is 9.58. The zero-order chi connectivity index (χ0) is 33.3. The van der Waals surface area contributed by atoms with E-state index >= 15 is 0 Å². The van der Waals surface area contributed by atoms with E-state index in [1.807, 2.05) is 0 Å². The number of anilines is 2. The van der Waals surface area contributed by atoms with E-state index in [1.54, 1.807) is 0 Å². The van der Waals surface area contributed by atoms with Gasteiger partial charge in [-0.05, 0) is 34.5 Å². The second-order valence-corrected chi connectivity index (χ2v) is 12.5. The van der Waals surface area contributed by atoms with Crippen LogP contribution in [0.15, 0.2) is 57.4 Å². The van der Waals surface area contributed by atoms with Gasteiger partial charge in [-0.2, -0.15) is 0 Å². The number of carbonyl (C=O) groups excluding carboxylic acids is 3. The number of nitrogen functional groups attached to an aromatic ring is 3. The second-order valence-electron chi connectivity index (χ2n) is 9.51. The minimum absolute atomic E-state index is 0.0464. The maximum Gasteiger partial charge on any atom is 0.384 e. The quantitative estimate of drug-likeness (QED) is 0.0165. The Hall–Kier alpha value is -5.28. The molecule has 0 bridgehead atoms. The average molecular weight is 690 g/mol. The van der Waals surface area contributed by atoms with Crippen LogP contribution in [-0.4, -0.2) is 82.6 Å². The van der Waals surface area contributed by atoms with E-state index in [0.717, 1.165) is 40.1 Å². The van der Waals surface area contributed by atoms with Crippen LogP contribution in [0.1, 0.15) is 17.4 Å². The van der Waals surface area contributed by atoms with E-state index in [2.05, 4.69) is 20.4 Å². The van der Waals surface area contributed by atoms with Gasteiger partial charge in [0, 0.05) is 28.5 Å². The van der Waals surface area contributed by atoms with Crippen molar-refractivity contribution in [3.8, 4) is 11.5 Å². The van der Waals surface area contributed by atoms with Gasteiger partial charge in [0.1, 0.15) is 23.3 Å². The molecule has 1 saturated heterocycles. The molecule has 1 fully saturated rings. The fraction of sp³-hybridized carbons (Fsp3) is 0.200. The van der Waals surface area contributed by atoms with Crippen molar-refractivity contribution in [2.75, 3.05) is 28.8 Å². The Morgan fingerprint density at radius 3 is 2.65 bits per heavy atom. The molecule has 2 aliphatic rings. The fourth-order valence-electron chi connectivity index (χ4n) is 4.34. The van der Waals surface area contributed by atoms with E-state index in [4.69, 9.17) is 22.1 Å². The maximum absolute atomic E-state index is 13.4. The highest BCUT2D eigenvalue weighted by Crippen LogP contribution is 2.41. The van der Waals surface area contributed by atoms with Crippen LogP contribution in [0.5, 0.6) is 11.5 Å². The van der Waals surface area contributed by atoms with Crippen LogP contribution in [0.4, 0.5) is 10.9 Å². The predicted molar refractivity (Wildman–Crippen MR) is 161 cm³/mol. The van der Waals surface area contributed by atoms with Gasteiger partial charge >= 0.3 is 11.1 Å². The number of benzene rings is 1. The summed E-state index contributed by atoms with van der Waals surface area (Å²) >= 11 is 3.24. The first-order valence-electron chi connectivity index (χ1n) is 12.8. The topological polar surface area (TPSA) is 297 Å². The van der Waals surface area contributed by atoms with Crippen molar-refractivity contribution in [1.29, 1.82) is 0 Å². The average Bonchev–Trinajstić information content (AvgIpc) is 3.44. The summed E-state index contributed by atoms with van der Waals surface area (Å²) in [5, 5.41) is 48.3. The number of hydrogen-bond acceptors (Lipinski definition) is 17. The lowest BCUT2D eigenvalue weighted by Crippen LogP contribution is -2.71. The van der Waals surface area contributed by atoms with E-state index in [9.17, 15) is 39.6 Å². The fourth-order valence-corrected chi connectivity index (χ4v) is 7.28. The van der Waals surface area contributed by atoms with Gasteiger partial charge in [0.05, 0.1) is 11.7 Å². The molecule has 2 unspecified atom stereocenters. The minimum Gasteiger partial charge on any atom is -0.543 e. The standard InChI is InChI=1S/C25H23N9O9S3/c26-14-3-4-33(28)25(30-14)46-7-10-6-44-21-16(20(38)34(21)17(10)22(39)40)31-19(37)15(11-8-45-24(27)29-11)32-43-18(23(41)42)9-1-2-12(35)13(36)5-9/h1-5,8,16,18,21,26H,6-7,28H2,(H7,27,29,31,32,35,36,37,39,40,41,42)/t16?,18?,21-/m1/s1. The molecule has 46 heavy (non-hydrogen) atoms. The maximum atomic E-state index is 13.4. The number of thioether (sulfide) groups is 2. The Bertz CT molecular complexity index is 1820. The van der Waals surface area contributed by atoms with Crippen LogP contribution in [-0.2, 0) is 24.0 Å². The van der Waals surface area contributed by atoms with Gasteiger partial charge in [0.15, 0.2) is 22.3 Å². The van der Waals surface area contributed by atoms with E-state index in [-0.39, 0.29) is 39.4 Å². The summed E-state index contributed by atoms with van der Waals surface area (Å²) in [7, 11) is 0. The summed E-state index contributed by atoms with van der Waals surface area (Å²) in [5.74, 6) is 0.330. The Balaban J connectivity index is 1.35. The number of hydrogen-bond donors (Lipinski definition) is 7. The zero-order valence-electron chi connectivity index (χ0n) is 23.1. The van der Waals surface area contributed by atoms with Crippen molar-refractivity contribution in [1.82, 2.24) is 20.2 Å². The number of phenolic OH excluding ortho intramolecular Hbond substituents is 2. The second kappa shape index (κ2) is 13.0. The molecule has 240 valence electrons. The third-order valence-electron chi connectivity index (χ3n) is 6.51. The third kappa shape index (κ3) is 6.41. The first-order chi connectivity index (χ1) is 21.8. The van der Waals surface area contributed by atoms with Gasteiger partial charge < -0.3 is 46.8 Å². The monoisotopic (exact) mass is 689 g/mol. The van der Waals surface area contributed by atoms with Crippen LogP contribution < -0.4 is 32.4 Å². The number of aliphatic carboxylic acids is 2. The van der Waals surface area contributed by atoms with Crippen molar-refractivity contribution in [3.05, 3.63) is 58.4 Å². The number of oxime groups is 1. The number of carbonyl (C=O) groups is 4. The van der Waals surface area contributed by atoms with Gasteiger partial charge in [-0.15, -0.1) is 27.8 Å². The number of rotatable bonds is 11. The molecule has 4 heterocycles. The Morgan fingerprint density at radius 2 is 2.00 bits per heavy atom. The number of nitrogens with one attached hydrogen (secondary N) is 1. The van der Waals surface area contributed by atoms with E-state index in [0.29, 0.717) is 10.7 Å². The molecular formula is C25H23N9O9S3. The SMILES string of the molecule is Nc1cc[n+](N)c(SCC2=C(C(=O)[O-])N3C(=O)C(NC(=O)/C(=N\OC(C(=O)O)c4ccc(O)c(O)c4)c4csc(N)n4)[C@H]3SC2)n1. The highest BCUT2D eigenvalue weighted by molar-refractivity contribution is 8.01. The van der Waals surface area contributed by atoms with Crippen LogP contribution in [0.3, 0.4) is 0 Å². The molecule has 10 N–H and O–H groups in total. The van der Waals surface area contributed by atoms with Crippen molar-refractivity contribution in [2.45, 2.75) is 22.7 Å². The Morgan fingerprint density at radius 1 is 1.24 bits per heavy atom. The summed E-state index contributed by atoms with van der Waals surface area (Å²) in [6.45, 7) is 0. The van der Waals surface area contributed by atoms with Crippen molar-refractivity contribution >= 4 is 75.3 Å². The molecule has 2 aliphatic heterocycles. The number of phenols is 2. The molecule has 1 aromatic carbocycles. The lowest BCUT2D eigenvalue weighted by molar-refractivity contribution is -0.682. The summed E-state index contributed by atoms with van der Waals surface area (Å²) in [5.41, 5.74) is 10.7. The van der Waals surface area contributed by atoms with E-state index < -0.39 is 58.5 Å². The molecule has 0 aliphatic carbocycles. The number of carboxylic acids is 2. The van der Waals surface area contributed by atoms with Crippen LogP contribution in [0, 0.1) is 0 Å². The number of carboxylic acid groups (broad SMARTS) is 2. The van der Waals surface area contributed by atoms with Gasteiger partial charge in [-0.25, -0.2) is 9.78 Å². The number of aromatic hydroxyl groups is 2. The van der Waals surface area contributed by atoms with E-state index in [1.165, 1.54) is 40.1 Å².